The Bertz CT molecular complexity index is 612. The summed E-state index contributed by atoms with van der Waals surface area (Å²) >= 11 is 0. The Hall–Kier alpha value is -2.09. The number of carbonyl (C=O) groups excluding carboxylic acids is 1. The van der Waals surface area contributed by atoms with Gasteiger partial charge < -0.3 is 4.74 Å². The lowest BCUT2D eigenvalue weighted by molar-refractivity contribution is 0.0734. The Morgan fingerprint density at radius 3 is 2.33 bits per heavy atom. The average Bonchev–Trinajstić information content (AvgIpc) is 2.49. The van der Waals surface area contributed by atoms with Crippen molar-refractivity contribution in [3.63, 3.8) is 0 Å². The standard InChI is InChI=1S/C19H22O2/c1-4-5-6-16-8-10-17(11-9-16)19(20)21-18-12-7-14(2)15(3)13-18/h7-13H,4-6H2,1-3H3. The van der Waals surface area contributed by atoms with Crippen molar-refractivity contribution in [2.45, 2.75) is 40.0 Å². The summed E-state index contributed by atoms with van der Waals surface area (Å²) in [7, 11) is 0. The highest BCUT2D eigenvalue weighted by Gasteiger charge is 2.09. The molecule has 2 rings (SSSR count). The number of esters is 1. The van der Waals surface area contributed by atoms with Crippen molar-refractivity contribution < 1.29 is 9.53 Å². The summed E-state index contributed by atoms with van der Waals surface area (Å²) in [4.78, 5) is 12.1. The highest BCUT2D eigenvalue weighted by atomic mass is 16.5. The summed E-state index contributed by atoms with van der Waals surface area (Å²) in [5.41, 5.74) is 4.17. The number of hydrogen-bond acceptors (Lipinski definition) is 2. The fourth-order valence-electron chi connectivity index (χ4n) is 2.13. The summed E-state index contributed by atoms with van der Waals surface area (Å²) in [5, 5.41) is 0. The first-order chi connectivity index (χ1) is 10.1. The molecule has 0 heterocycles. The Labute approximate surface area is 126 Å². The average molecular weight is 282 g/mol. The van der Waals surface area contributed by atoms with E-state index in [1.807, 2.05) is 56.3 Å². The van der Waals surface area contributed by atoms with Crippen molar-refractivity contribution in [2.75, 3.05) is 0 Å². The second-order valence-corrected chi connectivity index (χ2v) is 5.44. The quantitative estimate of drug-likeness (QED) is 0.578. The van der Waals surface area contributed by atoms with E-state index < -0.39 is 0 Å². The molecule has 2 heteroatoms. The van der Waals surface area contributed by atoms with Crippen LogP contribution in [0.25, 0.3) is 0 Å². The molecule has 21 heavy (non-hydrogen) atoms. The molecule has 0 atom stereocenters. The van der Waals surface area contributed by atoms with E-state index in [2.05, 4.69) is 6.92 Å². The molecule has 0 aliphatic rings. The van der Waals surface area contributed by atoms with Gasteiger partial charge in [0.15, 0.2) is 0 Å². The van der Waals surface area contributed by atoms with Crippen LogP contribution in [0.5, 0.6) is 5.75 Å². The van der Waals surface area contributed by atoms with Gasteiger partial charge in [0, 0.05) is 0 Å². The third-order valence-electron chi connectivity index (χ3n) is 3.70. The molecule has 0 unspecified atom stereocenters. The fourth-order valence-corrected chi connectivity index (χ4v) is 2.13. The normalized spacial score (nSPS) is 10.4. The van der Waals surface area contributed by atoms with Crippen LogP contribution in [0.15, 0.2) is 42.5 Å². The molecule has 0 amide bonds. The number of rotatable bonds is 5. The first kappa shape index (κ1) is 15.3. The van der Waals surface area contributed by atoms with Crippen LogP contribution in [0.3, 0.4) is 0 Å². The lowest BCUT2D eigenvalue weighted by atomic mass is 10.1. The van der Waals surface area contributed by atoms with Crippen molar-refractivity contribution in [1.29, 1.82) is 0 Å². The van der Waals surface area contributed by atoms with Crippen LogP contribution in [0.4, 0.5) is 0 Å². The van der Waals surface area contributed by atoms with Crippen LogP contribution in [-0.2, 0) is 6.42 Å². The van der Waals surface area contributed by atoms with Crippen LogP contribution < -0.4 is 4.74 Å². The van der Waals surface area contributed by atoms with Gasteiger partial charge in [-0.1, -0.05) is 31.5 Å². The van der Waals surface area contributed by atoms with Crippen molar-refractivity contribution in [3.05, 3.63) is 64.7 Å². The monoisotopic (exact) mass is 282 g/mol. The zero-order valence-electron chi connectivity index (χ0n) is 13.0. The summed E-state index contributed by atoms with van der Waals surface area (Å²) in [6.07, 6.45) is 3.41. The summed E-state index contributed by atoms with van der Waals surface area (Å²) in [6.45, 7) is 6.22. The van der Waals surface area contributed by atoms with Crippen LogP contribution in [-0.4, -0.2) is 5.97 Å². The molecule has 0 N–H and O–H groups in total. The number of aryl methyl sites for hydroxylation is 3. The zero-order valence-corrected chi connectivity index (χ0v) is 13.0. The number of ether oxygens (including phenoxy) is 1. The van der Waals surface area contributed by atoms with Gasteiger partial charge in [-0.3, -0.25) is 0 Å². The predicted octanol–water partition coefficient (Wildman–Crippen LogP) is 4.87. The smallest absolute Gasteiger partial charge is 0.343 e. The second-order valence-electron chi connectivity index (χ2n) is 5.44. The molecule has 2 aromatic rings. The predicted molar refractivity (Wildman–Crippen MR) is 85.9 cm³/mol. The van der Waals surface area contributed by atoms with Crippen molar-refractivity contribution in [2.24, 2.45) is 0 Å². The first-order valence-corrected chi connectivity index (χ1v) is 7.48. The highest BCUT2D eigenvalue weighted by Crippen LogP contribution is 2.18. The molecule has 110 valence electrons. The lowest BCUT2D eigenvalue weighted by Gasteiger charge is -2.07. The molecule has 0 saturated heterocycles. The highest BCUT2D eigenvalue weighted by molar-refractivity contribution is 5.91. The minimum atomic E-state index is -0.305. The second kappa shape index (κ2) is 7.07. The molecule has 0 aliphatic heterocycles. The molecule has 0 radical (unpaired) electrons. The van der Waals surface area contributed by atoms with Gasteiger partial charge in [-0.15, -0.1) is 0 Å². The third kappa shape index (κ3) is 4.19. The molecule has 2 aromatic carbocycles. The van der Waals surface area contributed by atoms with Crippen LogP contribution in [0, 0.1) is 13.8 Å². The van der Waals surface area contributed by atoms with Gasteiger partial charge in [0.25, 0.3) is 0 Å². The number of hydrogen-bond donors (Lipinski definition) is 0. The molecule has 0 bridgehead atoms. The first-order valence-electron chi connectivity index (χ1n) is 7.48. The van der Waals surface area contributed by atoms with E-state index in [1.54, 1.807) is 0 Å². The lowest BCUT2D eigenvalue weighted by Crippen LogP contribution is -2.08. The molecule has 2 nitrogen and oxygen atoms in total. The maximum absolute atomic E-state index is 12.1. The van der Waals surface area contributed by atoms with Gasteiger partial charge in [-0.05, 0) is 67.6 Å². The molecular weight excluding hydrogens is 260 g/mol. The topological polar surface area (TPSA) is 26.3 Å². The molecule has 0 aliphatic carbocycles. The van der Waals surface area contributed by atoms with Crippen LogP contribution >= 0.6 is 0 Å². The molecule has 0 spiro atoms. The molecular formula is C19H22O2. The fraction of sp³-hybridized carbons (Fsp3) is 0.316. The van der Waals surface area contributed by atoms with Gasteiger partial charge in [0.1, 0.15) is 5.75 Å². The molecule has 0 aromatic heterocycles. The van der Waals surface area contributed by atoms with E-state index in [-0.39, 0.29) is 5.97 Å². The Balaban J connectivity index is 2.04. The van der Waals surface area contributed by atoms with Crippen molar-refractivity contribution >= 4 is 5.97 Å². The minimum Gasteiger partial charge on any atom is -0.423 e. The summed E-state index contributed by atoms with van der Waals surface area (Å²) < 4.78 is 5.42. The number of unbranched alkanes of at least 4 members (excludes halogenated alkanes) is 1. The Morgan fingerprint density at radius 1 is 1.00 bits per heavy atom. The van der Waals surface area contributed by atoms with Gasteiger partial charge in [-0.25, -0.2) is 4.79 Å². The summed E-state index contributed by atoms with van der Waals surface area (Å²) in [6, 6.07) is 13.4. The SMILES string of the molecule is CCCCc1ccc(C(=O)Oc2ccc(C)c(C)c2)cc1. The number of carbonyl (C=O) groups is 1. The Morgan fingerprint density at radius 2 is 1.71 bits per heavy atom. The Kier molecular flexibility index (Phi) is 5.15. The van der Waals surface area contributed by atoms with E-state index >= 15 is 0 Å². The minimum absolute atomic E-state index is 0.305. The van der Waals surface area contributed by atoms with Gasteiger partial charge in [0.05, 0.1) is 5.56 Å². The van der Waals surface area contributed by atoms with E-state index in [0.717, 1.165) is 12.0 Å². The third-order valence-corrected chi connectivity index (χ3v) is 3.70. The van der Waals surface area contributed by atoms with Gasteiger partial charge >= 0.3 is 5.97 Å². The van der Waals surface area contributed by atoms with Crippen LogP contribution in [0.1, 0.15) is 46.8 Å². The van der Waals surface area contributed by atoms with E-state index in [4.69, 9.17) is 4.74 Å². The van der Waals surface area contributed by atoms with Crippen molar-refractivity contribution in [3.8, 4) is 5.75 Å². The van der Waals surface area contributed by atoms with E-state index in [1.165, 1.54) is 24.0 Å². The van der Waals surface area contributed by atoms with E-state index in [9.17, 15) is 4.79 Å². The zero-order chi connectivity index (χ0) is 15.2. The van der Waals surface area contributed by atoms with Gasteiger partial charge in [0.2, 0.25) is 0 Å². The maximum atomic E-state index is 12.1. The molecule has 0 fully saturated rings. The van der Waals surface area contributed by atoms with E-state index in [0.29, 0.717) is 11.3 Å². The van der Waals surface area contributed by atoms with Crippen molar-refractivity contribution in [1.82, 2.24) is 0 Å². The molecule has 0 saturated carbocycles. The van der Waals surface area contributed by atoms with Crippen LogP contribution in [0.2, 0.25) is 0 Å². The maximum Gasteiger partial charge on any atom is 0.343 e. The number of benzene rings is 2. The van der Waals surface area contributed by atoms with Gasteiger partial charge in [-0.2, -0.15) is 0 Å². The summed E-state index contributed by atoms with van der Waals surface area (Å²) in [5.74, 6) is 0.290. The largest absolute Gasteiger partial charge is 0.423 e.